The maximum atomic E-state index is 11.7. The lowest BCUT2D eigenvalue weighted by Gasteiger charge is -2.08. The molecule has 0 fully saturated rings. The van der Waals surface area contributed by atoms with Crippen molar-refractivity contribution in [3.05, 3.63) is 0 Å². The van der Waals surface area contributed by atoms with Crippen molar-refractivity contribution in [3.63, 3.8) is 0 Å². The largest absolute Gasteiger partial charge is 0.251 e. The van der Waals surface area contributed by atoms with Crippen molar-refractivity contribution in [3.8, 4) is 0 Å². The second-order valence-corrected chi connectivity index (χ2v) is 2.47. The van der Waals surface area contributed by atoms with Gasteiger partial charge in [0, 0.05) is 0 Å². The van der Waals surface area contributed by atoms with Gasteiger partial charge in [-0.3, -0.25) is 4.39 Å². The van der Waals surface area contributed by atoms with Crippen LogP contribution in [-0.2, 0) is 0 Å². The number of halogens is 1. The summed E-state index contributed by atoms with van der Waals surface area (Å²) in [7, 11) is 5.40. The molecule has 0 bridgehead atoms. The lowest BCUT2D eigenvalue weighted by Crippen LogP contribution is -1.99. The summed E-state index contributed by atoms with van der Waals surface area (Å²) in [5, 5.41) is 0. The van der Waals surface area contributed by atoms with E-state index in [1.807, 2.05) is 13.8 Å². The van der Waals surface area contributed by atoms with E-state index in [-0.39, 0.29) is 18.4 Å². The monoisotopic (exact) mass is 114 g/mol. The van der Waals surface area contributed by atoms with Crippen LogP contribution in [0, 0.1) is 5.92 Å². The number of rotatable bonds is 3. The van der Waals surface area contributed by atoms with Crippen LogP contribution in [0.3, 0.4) is 0 Å². The number of hydrogen-bond acceptors (Lipinski definition) is 0. The van der Waals surface area contributed by atoms with E-state index in [0.717, 1.165) is 6.42 Å². The summed E-state index contributed by atoms with van der Waals surface area (Å²) in [6.07, 6.45) is 0.788. The van der Waals surface area contributed by atoms with Crippen molar-refractivity contribution < 1.29 is 4.39 Å². The van der Waals surface area contributed by atoms with Gasteiger partial charge in [0.15, 0.2) is 0 Å². The third kappa shape index (κ3) is 4.16. The van der Waals surface area contributed by atoms with E-state index in [0.29, 0.717) is 0 Å². The minimum Gasteiger partial charge on any atom is -0.251 e. The molecule has 0 saturated heterocycles. The van der Waals surface area contributed by atoms with Gasteiger partial charge in [0.05, 0.1) is 14.5 Å². The molecule has 46 valence electrons. The molecular formula is C6H12BF. The topological polar surface area (TPSA) is 0 Å². The summed E-state index contributed by atoms with van der Waals surface area (Å²) < 4.78 is 11.7. The molecular weight excluding hydrogens is 102 g/mol. The van der Waals surface area contributed by atoms with Crippen molar-refractivity contribution >= 4 is 7.85 Å². The maximum Gasteiger partial charge on any atom is 0.0919 e. The van der Waals surface area contributed by atoms with Crippen molar-refractivity contribution in [2.45, 2.75) is 26.1 Å². The Kier molecular flexibility index (Phi) is 3.93. The molecule has 0 aromatic carbocycles. The Bertz CT molecular complexity index is 54.5. The van der Waals surface area contributed by atoms with Crippen molar-refractivity contribution in [2.75, 3.05) is 6.67 Å². The third-order valence-corrected chi connectivity index (χ3v) is 1.04. The molecule has 8 heavy (non-hydrogen) atoms. The molecule has 0 heterocycles. The highest BCUT2D eigenvalue weighted by molar-refractivity contribution is 6.11. The van der Waals surface area contributed by atoms with Gasteiger partial charge in [-0.15, -0.1) is 0 Å². The quantitative estimate of drug-likeness (QED) is 0.492. The van der Waals surface area contributed by atoms with Gasteiger partial charge >= 0.3 is 0 Å². The molecule has 0 aromatic heterocycles. The van der Waals surface area contributed by atoms with Gasteiger partial charge in [-0.2, -0.15) is 0 Å². The number of alkyl halides is 1. The van der Waals surface area contributed by atoms with Gasteiger partial charge in [-0.05, 0) is 5.92 Å². The summed E-state index contributed by atoms with van der Waals surface area (Å²) in [5.74, 6) is 0.274. The molecule has 0 aromatic rings. The van der Waals surface area contributed by atoms with Gasteiger partial charge in [-0.25, -0.2) is 0 Å². The molecule has 0 nitrogen and oxygen atoms in total. The Labute approximate surface area is 51.9 Å². The van der Waals surface area contributed by atoms with E-state index in [2.05, 4.69) is 0 Å². The molecule has 0 aliphatic rings. The van der Waals surface area contributed by atoms with Crippen LogP contribution < -0.4 is 0 Å². The van der Waals surface area contributed by atoms with Gasteiger partial charge in [-0.1, -0.05) is 26.1 Å². The molecule has 0 spiro atoms. The Hall–Kier alpha value is -0.00506. The standard InChI is InChI=1S/C6H12BF/c1-5(4-8)3-6(2)7/h5-6H,3-4H2,1-2H3/t5?,6-/m1/s1. The first-order valence-electron chi connectivity index (χ1n) is 2.98. The molecule has 0 amide bonds. The number of hydrogen-bond donors (Lipinski definition) is 0. The minimum atomic E-state index is -0.248. The predicted molar refractivity (Wildman–Crippen MR) is 34.9 cm³/mol. The zero-order chi connectivity index (χ0) is 6.57. The van der Waals surface area contributed by atoms with Crippen molar-refractivity contribution in [2.24, 2.45) is 5.92 Å². The van der Waals surface area contributed by atoms with E-state index in [1.165, 1.54) is 0 Å². The van der Waals surface area contributed by atoms with Gasteiger partial charge in [0.25, 0.3) is 0 Å². The molecule has 2 heteroatoms. The van der Waals surface area contributed by atoms with Gasteiger partial charge < -0.3 is 0 Å². The maximum absolute atomic E-state index is 11.7. The highest BCUT2D eigenvalue weighted by Crippen LogP contribution is 2.12. The van der Waals surface area contributed by atoms with E-state index in [9.17, 15) is 4.39 Å². The van der Waals surface area contributed by atoms with Crippen molar-refractivity contribution in [1.82, 2.24) is 0 Å². The molecule has 0 aliphatic carbocycles. The highest BCUT2D eigenvalue weighted by atomic mass is 19.1. The molecule has 0 rings (SSSR count). The lowest BCUT2D eigenvalue weighted by atomic mass is 9.82. The van der Waals surface area contributed by atoms with Crippen LogP contribution in [0.2, 0.25) is 5.82 Å². The fourth-order valence-electron chi connectivity index (χ4n) is 0.698. The van der Waals surface area contributed by atoms with E-state index in [4.69, 9.17) is 7.85 Å². The van der Waals surface area contributed by atoms with E-state index < -0.39 is 0 Å². The van der Waals surface area contributed by atoms with Crippen molar-refractivity contribution in [1.29, 1.82) is 0 Å². The molecule has 2 radical (unpaired) electrons. The van der Waals surface area contributed by atoms with Gasteiger partial charge in [0.2, 0.25) is 0 Å². The highest BCUT2D eigenvalue weighted by Gasteiger charge is 2.02. The normalized spacial score (nSPS) is 17.9. The first-order chi connectivity index (χ1) is 3.66. The zero-order valence-electron chi connectivity index (χ0n) is 5.52. The average Bonchev–Trinajstić information content (AvgIpc) is 1.65. The summed E-state index contributed by atoms with van der Waals surface area (Å²) in [6, 6.07) is 0. The van der Waals surface area contributed by atoms with E-state index in [1.54, 1.807) is 0 Å². The van der Waals surface area contributed by atoms with Crippen LogP contribution in [0.15, 0.2) is 0 Å². The Morgan fingerprint density at radius 2 is 2.00 bits per heavy atom. The first-order valence-corrected chi connectivity index (χ1v) is 2.98. The molecule has 2 atom stereocenters. The lowest BCUT2D eigenvalue weighted by molar-refractivity contribution is 0.364. The Morgan fingerprint density at radius 1 is 1.50 bits per heavy atom. The van der Waals surface area contributed by atoms with Crippen LogP contribution in [0.5, 0.6) is 0 Å². The molecule has 0 aliphatic heterocycles. The first kappa shape index (κ1) is 7.99. The summed E-state index contributed by atoms with van der Waals surface area (Å²) >= 11 is 0. The van der Waals surface area contributed by atoms with Crippen LogP contribution in [0.1, 0.15) is 20.3 Å². The predicted octanol–water partition coefficient (Wildman–Crippen LogP) is 1.96. The fraction of sp³-hybridized carbons (Fsp3) is 1.00. The Balaban J connectivity index is 3.10. The van der Waals surface area contributed by atoms with Crippen LogP contribution in [0.4, 0.5) is 4.39 Å². The van der Waals surface area contributed by atoms with E-state index >= 15 is 0 Å². The summed E-state index contributed by atoms with van der Waals surface area (Å²) in [5.41, 5.74) is 0. The fourth-order valence-corrected chi connectivity index (χ4v) is 0.698. The third-order valence-electron chi connectivity index (χ3n) is 1.04. The van der Waals surface area contributed by atoms with Crippen LogP contribution in [0.25, 0.3) is 0 Å². The van der Waals surface area contributed by atoms with Crippen LogP contribution in [-0.4, -0.2) is 14.5 Å². The molecule has 1 unspecified atom stereocenters. The second-order valence-electron chi connectivity index (χ2n) is 2.47. The zero-order valence-corrected chi connectivity index (χ0v) is 5.52. The summed E-state index contributed by atoms with van der Waals surface area (Å²) in [4.78, 5) is 0. The second kappa shape index (κ2) is 3.93. The van der Waals surface area contributed by atoms with Crippen LogP contribution >= 0.6 is 0 Å². The summed E-state index contributed by atoms with van der Waals surface area (Å²) in [6.45, 7) is 3.51. The smallest absolute Gasteiger partial charge is 0.0919 e. The Morgan fingerprint density at radius 3 is 2.12 bits per heavy atom. The average molecular weight is 114 g/mol. The molecule has 0 saturated carbocycles. The SMILES string of the molecule is [B][C@H](C)CC(C)CF. The minimum absolute atomic E-state index is 0.134. The molecule has 0 N–H and O–H groups in total. The van der Waals surface area contributed by atoms with Gasteiger partial charge in [0.1, 0.15) is 0 Å².